The van der Waals surface area contributed by atoms with Gasteiger partial charge in [-0.15, -0.1) is 15.5 Å². The van der Waals surface area contributed by atoms with Crippen LogP contribution in [0.5, 0.6) is 0 Å². The van der Waals surface area contributed by atoms with Crippen molar-refractivity contribution in [3.05, 3.63) is 47.5 Å². The van der Waals surface area contributed by atoms with E-state index in [9.17, 15) is 15.5 Å². The largest absolute Gasteiger partial charge is 0.398 e. The highest BCUT2D eigenvalue weighted by Gasteiger charge is 2.59. The lowest BCUT2D eigenvalue weighted by molar-refractivity contribution is 0.444. The molecule has 7 heteroatoms. The van der Waals surface area contributed by atoms with Crippen molar-refractivity contribution in [2.24, 2.45) is 4.99 Å². The van der Waals surface area contributed by atoms with Gasteiger partial charge >= 0.3 is 0 Å². The summed E-state index contributed by atoms with van der Waals surface area (Å²) in [5.41, 5.74) is 9.21. The Bertz CT molecular complexity index is 960. The van der Waals surface area contributed by atoms with Crippen molar-refractivity contribution in [3.8, 4) is 11.1 Å². The number of nitrogen functional groups attached to an aromatic ring is 1. The Labute approximate surface area is 176 Å². The summed E-state index contributed by atoms with van der Waals surface area (Å²) in [6.45, 7) is 3.90. The molecule has 0 amide bonds. The number of aliphatic imine (C=N–C) groups is 1. The first-order valence-corrected chi connectivity index (χ1v) is 12.8. The molecule has 0 atom stereocenters. The lowest BCUT2D eigenvalue weighted by Crippen LogP contribution is -2.11. The minimum atomic E-state index is -8.27. The molecule has 1 saturated carbocycles. The van der Waals surface area contributed by atoms with Crippen LogP contribution >= 0.6 is 9.84 Å². The first kappa shape index (κ1) is 22.7. The highest BCUT2D eigenvalue weighted by molar-refractivity contribution is 8.49. The Balaban J connectivity index is 2.09. The second-order valence-electron chi connectivity index (χ2n) is 8.80. The zero-order chi connectivity index (χ0) is 22.2. The van der Waals surface area contributed by atoms with Gasteiger partial charge in [0.15, 0.2) is 9.84 Å². The van der Waals surface area contributed by atoms with Crippen LogP contribution in [-0.2, 0) is 0 Å². The number of benzene rings is 2. The van der Waals surface area contributed by atoms with E-state index in [0.717, 1.165) is 43.4 Å². The van der Waals surface area contributed by atoms with Crippen molar-refractivity contribution < 1.29 is 15.5 Å². The van der Waals surface area contributed by atoms with Crippen molar-refractivity contribution in [3.63, 3.8) is 0 Å². The van der Waals surface area contributed by atoms with Gasteiger partial charge in [0.1, 0.15) is 0 Å². The van der Waals surface area contributed by atoms with Crippen LogP contribution in [0.1, 0.15) is 63.0 Å². The van der Waals surface area contributed by atoms with Crippen LogP contribution in [-0.4, -0.2) is 18.5 Å². The summed E-state index contributed by atoms with van der Waals surface area (Å²) < 4.78 is 56.0. The summed E-state index contributed by atoms with van der Waals surface area (Å²) in [5.74, 6) is 0.0338. The number of anilines is 1. The van der Waals surface area contributed by atoms with Crippen LogP contribution in [0.2, 0.25) is 0 Å². The van der Waals surface area contributed by atoms with Gasteiger partial charge in [-0.25, -0.2) is 0 Å². The van der Waals surface area contributed by atoms with Crippen molar-refractivity contribution in [2.45, 2.75) is 62.8 Å². The van der Waals surface area contributed by atoms with Crippen LogP contribution in [0, 0.1) is 0 Å². The molecule has 0 aromatic heterocycles. The maximum Gasteiger partial charge on any atom is 0.184 e. The number of rotatable bonds is 5. The van der Waals surface area contributed by atoms with E-state index in [0.29, 0.717) is 22.4 Å². The van der Waals surface area contributed by atoms with E-state index in [1.165, 1.54) is 12.5 Å². The van der Waals surface area contributed by atoms with E-state index in [1.54, 1.807) is 24.4 Å². The fourth-order valence-electron chi connectivity index (χ4n) is 3.89. The number of halogens is 4. The van der Waals surface area contributed by atoms with Crippen molar-refractivity contribution >= 4 is 21.7 Å². The van der Waals surface area contributed by atoms with Crippen LogP contribution < -0.4 is 5.73 Å². The van der Waals surface area contributed by atoms with Crippen molar-refractivity contribution in [1.82, 2.24) is 0 Å². The first-order chi connectivity index (χ1) is 13.7. The Morgan fingerprint density at radius 2 is 1.70 bits per heavy atom. The predicted molar refractivity (Wildman–Crippen MR) is 121 cm³/mol. The lowest BCUT2D eigenvalue weighted by atomic mass is 9.90. The van der Waals surface area contributed by atoms with Gasteiger partial charge in [0.2, 0.25) is 0 Å². The maximum atomic E-state index is 14.0. The zero-order valence-electron chi connectivity index (χ0n) is 17.7. The van der Waals surface area contributed by atoms with Gasteiger partial charge < -0.3 is 5.73 Å². The molecule has 30 heavy (non-hydrogen) atoms. The molecule has 0 radical (unpaired) electrons. The van der Waals surface area contributed by atoms with Gasteiger partial charge in [0.05, 0.1) is 11.2 Å². The third-order valence-corrected chi connectivity index (χ3v) is 7.05. The minimum Gasteiger partial charge on any atom is -0.398 e. The summed E-state index contributed by atoms with van der Waals surface area (Å²) in [5, 5.41) is 0. The predicted octanol–water partition coefficient (Wildman–Crippen LogP) is 8.21. The molecule has 3 rings (SSSR count). The van der Waals surface area contributed by atoms with Gasteiger partial charge in [-0.2, -0.15) is 0 Å². The Hall–Kier alpha value is -2.02. The van der Waals surface area contributed by atoms with Gasteiger partial charge in [-0.05, 0) is 59.7 Å². The van der Waals surface area contributed by atoms with Gasteiger partial charge in [-0.3, -0.25) is 4.99 Å². The molecular weight excluding hydrogens is 412 g/mol. The van der Waals surface area contributed by atoms with Crippen molar-refractivity contribution in [1.29, 1.82) is 0 Å². The normalized spacial score (nSPS) is 18.5. The van der Waals surface area contributed by atoms with Gasteiger partial charge in [0.25, 0.3) is 0 Å². The average Bonchev–Trinajstić information content (AvgIpc) is 2.66. The molecule has 0 heterocycles. The summed E-state index contributed by atoms with van der Waals surface area (Å²) in [4.78, 5) is 3.44. The van der Waals surface area contributed by atoms with E-state index >= 15 is 0 Å². The fourth-order valence-corrected chi connectivity index (χ4v) is 4.73. The lowest BCUT2D eigenvalue weighted by Gasteiger charge is -2.46. The number of nitrogens with two attached hydrogens (primary N) is 1. The van der Waals surface area contributed by atoms with E-state index in [2.05, 4.69) is 4.99 Å². The topological polar surface area (TPSA) is 38.4 Å². The number of hydrogen-bond acceptors (Lipinski definition) is 2. The molecule has 0 bridgehead atoms. The summed E-state index contributed by atoms with van der Waals surface area (Å²) in [7, 11) is -8.27. The third kappa shape index (κ3) is 5.36. The van der Waals surface area contributed by atoms with Crippen molar-refractivity contribution in [2.75, 3.05) is 12.0 Å². The van der Waals surface area contributed by atoms with E-state index in [-0.39, 0.29) is 18.2 Å². The first-order valence-electron chi connectivity index (χ1n) is 10.3. The number of hydrogen-bond donors (Lipinski definition) is 1. The standard InChI is InChI=1S/C23H30F4N2S/c1-16(2)21-14-23(28)18(15-29-19-9-5-4-6-10-19)13-22(21)17-8-7-11-20(12-17)30(3,24,25,26)27/h7-8,11-16,19H,4-6,9-10,28H2,1-3H3. The van der Waals surface area contributed by atoms with Crippen LogP contribution in [0.15, 0.2) is 46.3 Å². The molecule has 0 saturated heterocycles. The fraction of sp³-hybridized carbons (Fsp3) is 0.435. The zero-order valence-corrected chi connectivity index (χ0v) is 18.5. The summed E-state index contributed by atoms with van der Waals surface area (Å²) in [6.07, 6.45) is 7.12. The summed E-state index contributed by atoms with van der Waals surface area (Å²) in [6, 6.07) is 8.36. The van der Waals surface area contributed by atoms with E-state index in [1.807, 2.05) is 13.8 Å². The van der Waals surface area contributed by atoms with E-state index in [4.69, 9.17) is 5.73 Å². The highest BCUT2D eigenvalue weighted by atomic mass is 32.5. The molecular formula is C23H30F4N2S. The average molecular weight is 443 g/mol. The molecule has 166 valence electrons. The second-order valence-corrected chi connectivity index (χ2v) is 12.2. The maximum absolute atomic E-state index is 14.0. The molecule has 1 aliphatic rings. The second kappa shape index (κ2) is 7.29. The SMILES string of the molecule is CC(C)c1cc(N)c(C=NC2CCCCC2)cc1-c1cccc(S(C)(F)(F)(F)F)c1. The minimum absolute atomic E-state index is 0.0338. The Kier molecular flexibility index (Phi) is 5.51. The van der Waals surface area contributed by atoms with Crippen LogP contribution in [0.3, 0.4) is 0 Å². The molecule has 0 unspecified atom stereocenters. The molecule has 2 aromatic carbocycles. The summed E-state index contributed by atoms with van der Waals surface area (Å²) >= 11 is 0. The molecule has 0 aliphatic heterocycles. The number of nitrogens with zero attached hydrogens (tertiary/aromatic N) is 1. The van der Waals surface area contributed by atoms with Crippen LogP contribution in [0.25, 0.3) is 11.1 Å². The quantitative estimate of drug-likeness (QED) is 0.283. The van der Waals surface area contributed by atoms with E-state index < -0.39 is 14.7 Å². The molecule has 2 N–H and O–H groups in total. The monoisotopic (exact) mass is 442 g/mol. The molecule has 1 aliphatic carbocycles. The smallest absolute Gasteiger partial charge is 0.184 e. The molecule has 0 spiro atoms. The third-order valence-electron chi connectivity index (χ3n) is 5.61. The molecule has 2 aromatic rings. The van der Waals surface area contributed by atoms with Crippen LogP contribution in [0.4, 0.5) is 21.2 Å². The molecule has 1 fully saturated rings. The highest BCUT2D eigenvalue weighted by Crippen LogP contribution is 2.98. The Morgan fingerprint density at radius 3 is 2.30 bits per heavy atom. The van der Waals surface area contributed by atoms with Gasteiger partial charge in [0, 0.05) is 23.5 Å². The molecule has 2 nitrogen and oxygen atoms in total. The Morgan fingerprint density at radius 1 is 1.03 bits per heavy atom. The van der Waals surface area contributed by atoms with Gasteiger partial charge in [-0.1, -0.05) is 45.2 Å².